The maximum absolute atomic E-state index is 11.8. The molecule has 1 aliphatic carbocycles. The fraction of sp³-hybridized carbons (Fsp3) is 0.714. The van der Waals surface area contributed by atoms with E-state index in [9.17, 15) is 9.59 Å². The minimum Gasteiger partial charge on any atom is -0.480 e. The molecule has 20 heavy (non-hydrogen) atoms. The molecule has 2 amide bonds. The lowest BCUT2D eigenvalue weighted by Crippen LogP contribution is -2.56. The van der Waals surface area contributed by atoms with E-state index in [0.717, 1.165) is 12.8 Å². The molecule has 1 rings (SSSR count). The second-order valence-corrected chi connectivity index (χ2v) is 5.01. The number of carbonyl (C=O) groups excluding carboxylic acids is 1. The van der Waals surface area contributed by atoms with E-state index in [4.69, 9.17) is 5.11 Å². The Kier molecular flexibility index (Phi) is 6.32. The molecule has 6 nitrogen and oxygen atoms in total. The Balaban J connectivity index is 2.31. The molecule has 0 aliphatic heterocycles. The summed E-state index contributed by atoms with van der Waals surface area (Å²) in [5.41, 5.74) is 0. The molecule has 0 atom stereocenters. The minimum atomic E-state index is -0.808. The number of carboxylic acid groups (broad SMARTS) is 1. The van der Waals surface area contributed by atoms with Gasteiger partial charge in [-0.25, -0.2) is 4.79 Å². The predicted molar refractivity (Wildman–Crippen MR) is 76.3 cm³/mol. The van der Waals surface area contributed by atoms with Crippen molar-refractivity contribution in [3.8, 4) is 11.8 Å². The van der Waals surface area contributed by atoms with Crippen LogP contribution in [0, 0.1) is 11.8 Å². The summed E-state index contributed by atoms with van der Waals surface area (Å²) in [6, 6.07) is 0.256. The zero-order valence-electron chi connectivity index (χ0n) is 12.3. The van der Waals surface area contributed by atoms with Crippen molar-refractivity contribution in [2.75, 3.05) is 26.7 Å². The average molecular weight is 281 g/mol. The first-order chi connectivity index (χ1) is 9.47. The molecule has 112 valence electrons. The highest BCUT2D eigenvalue weighted by atomic mass is 16.4. The van der Waals surface area contributed by atoms with Gasteiger partial charge >= 0.3 is 12.0 Å². The Morgan fingerprint density at radius 2 is 2.05 bits per heavy atom. The third-order valence-electron chi connectivity index (χ3n) is 3.54. The predicted octanol–water partition coefficient (Wildman–Crippen LogP) is 0.589. The summed E-state index contributed by atoms with van der Waals surface area (Å²) >= 11 is 0. The van der Waals surface area contributed by atoms with Crippen LogP contribution >= 0.6 is 0 Å². The van der Waals surface area contributed by atoms with Gasteiger partial charge in [0.15, 0.2) is 0 Å². The molecule has 0 bridgehead atoms. The monoisotopic (exact) mass is 281 g/mol. The van der Waals surface area contributed by atoms with Crippen molar-refractivity contribution >= 4 is 12.0 Å². The van der Waals surface area contributed by atoms with Crippen molar-refractivity contribution in [1.29, 1.82) is 0 Å². The molecule has 1 fully saturated rings. The van der Waals surface area contributed by atoms with Crippen molar-refractivity contribution in [2.45, 2.75) is 38.8 Å². The third kappa shape index (κ3) is 4.74. The number of nitrogens with zero attached hydrogens (tertiary/aromatic N) is 2. The number of hydrogen-bond donors (Lipinski definition) is 2. The van der Waals surface area contributed by atoms with Crippen LogP contribution in [0.5, 0.6) is 0 Å². The van der Waals surface area contributed by atoms with Crippen molar-refractivity contribution in [3.05, 3.63) is 0 Å². The van der Waals surface area contributed by atoms with Gasteiger partial charge in [-0.2, -0.15) is 0 Å². The summed E-state index contributed by atoms with van der Waals surface area (Å²) in [6.07, 6.45) is 1.61. The van der Waals surface area contributed by atoms with E-state index >= 15 is 0 Å². The van der Waals surface area contributed by atoms with Crippen LogP contribution in [-0.4, -0.2) is 65.7 Å². The summed E-state index contributed by atoms with van der Waals surface area (Å²) < 4.78 is 0. The zero-order chi connectivity index (χ0) is 15.1. The van der Waals surface area contributed by atoms with E-state index in [0.29, 0.717) is 13.1 Å². The van der Waals surface area contributed by atoms with Gasteiger partial charge in [-0.05, 0) is 26.3 Å². The standard InChI is InChI=1S/C14H23N3O3/c1-4-6-7-16(3)14(20)15-11-8-12(9-11)17(5-2)10-13(18)19/h11-12H,5,7-10H2,1-3H3,(H,15,20)(H,18,19). The summed E-state index contributed by atoms with van der Waals surface area (Å²) in [7, 11) is 1.71. The van der Waals surface area contributed by atoms with Crippen molar-refractivity contribution in [1.82, 2.24) is 15.1 Å². The highest BCUT2D eigenvalue weighted by Gasteiger charge is 2.34. The Hall–Kier alpha value is -1.74. The smallest absolute Gasteiger partial charge is 0.318 e. The lowest BCUT2D eigenvalue weighted by molar-refractivity contribution is -0.139. The molecule has 6 heteroatoms. The lowest BCUT2D eigenvalue weighted by atomic mass is 9.85. The molecule has 0 heterocycles. The molecule has 0 spiro atoms. The highest BCUT2D eigenvalue weighted by molar-refractivity contribution is 5.74. The molecule has 0 unspecified atom stereocenters. The van der Waals surface area contributed by atoms with E-state index in [2.05, 4.69) is 17.2 Å². The number of urea groups is 1. The Morgan fingerprint density at radius 1 is 1.40 bits per heavy atom. The third-order valence-corrected chi connectivity index (χ3v) is 3.54. The van der Waals surface area contributed by atoms with Crippen LogP contribution in [0.15, 0.2) is 0 Å². The van der Waals surface area contributed by atoms with Gasteiger partial charge in [0.2, 0.25) is 0 Å². The molecule has 2 N–H and O–H groups in total. The van der Waals surface area contributed by atoms with Gasteiger partial charge in [0, 0.05) is 19.1 Å². The van der Waals surface area contributed by atoms with Gasteiger partial charge in [0.1, 0.15) is 0 Å². The van der Waals surface area contributed by atoms with Crippen LogP contribution in [0.1, 0.15) is 26.7 Å². The molecular weight excluding hydrogens is 258 g/mol. The summed E-state index contributed by atoms with van der Waals surface area (Å²) in [5, 5.41) is 11.8. The largest absolute Gasteiger partial charge is 0.480 e. The molecule has 0 aromatic carbocycles. The SMILES string of the molecule is CC#CCN(C)C(=O)NC1CC(N(CC)CC(=O)O)C1. The number of likely N-dealkylation sites (N-methyl/N-ethyl adjacent to an activating group) is 1. The molecule has 0 saturated heterocycles. The van der Waals surface area contributed by atoms with E-state index in [1.54, 1.807) is 18.9 Å². The number of rotatable bonds is 6. The summed E-state index contributed by atoms with van der Waals surface area (Å²) in [6.45, 7) is 4.88. The minimum absolute atomic E-state index is 0.0633. The Morgan fingerprint density at radius 3 is 2.55 bits per heavy atom. The quantitative estimate of drug-likeness (QED) is 0.699. The van der Waals surface area contributed by atoms with E-state index in [-0.39, 0.29) is 24.7 Å². The van der Waals surface area contributed by atoms with Crippen LogP contribution in [0.3, 0.4) is 0 Å². The molecule has 0 aromatic heterocycles. The van der Waals surface area contributed by atoms with E-state index in [1.165, 1.54) is 0 Å². The molecular formula is C14H23N3O3. The second kappa shape index (κ2) is 7.75. The van der Waals surface area contributed by atoms with Crippen molar-refractivity contribution in [3.63, 3.8) is 0 Å². The first kappa shape index (κ1) is 16.3. The number of carboxylic acids is 1. The fourth-order valence-corrected chi connectivity index (χ4v) is 2.23. The summed E-state index contributed by atoms with van der Waals surface area (Å²) in [5.74, 6) is 4.78. The van der Waals surface area contributed by atoms with Gasteiger partial charge in [-0.3, -0.25) is 9.69 Å². The van der Waals surface area contributed by atoms with Gasteiger partial charge in [-0.15, -0.1) is 5.92 Å². The zero-order valence-corrected chi connectivity index (χ0v) is 12.3. The van der Waals surface area contributed by atoms with Crippen LogP contribution < -0.4 is 5.32 Å². The topological polar surface area (TPSA) is 72.9 Å². The highest BCUT2D eigenvalue weighted by Crippen LogP contribution is 2.25. The maximum Gasteiger partial charge on any atom is 0.318 e. The molecule has 0 radical (unpaired) electrons. The maximum atomic E-state index is 11.8. The second-order valence-electron chi connectivity index (χ2n) is 5.01. The average Bonchev–Trinajstić information content (AvgIpc) is 2.36. The lowest BCUT2D eigenvalue weighted by Gasteiger charge is -2.42. The number of aliphatic carboxylic acids is 1. The Bertz CT molecular complexity index is 408. The van der Waals surface area contributed by atoms with Gasteiger partial charge in [0.05, 0.1) is 13.1 Å². The fourth-order valence-electron chi connectivity index (χ4n) is 2.23. The van der Waals surface area contributed by atoms with Gasteiger partial charge in [0.25, 0.3) is 0 Å². The first-order valence-corrected chi connectivity index (χ1v) is 6.85. The molecule has 1 saturated carbocycles. The van der Waals surface area contributed by atoms with Crippen LogP contribution in [-0.2, 0) is 4.79 Å². The van der Waals surface area contributed by atoms with Crippen molar-refractivity contribution < 1.29 is 14.7 Å². The number of nitrogens with one attached hydrogen (secondary N) is 1. The Labute approximate surface area is 120 Å². The van der Waals surface area contributed by atoms with Crippen LogP contribution in [0.25, 0.3) is 0 Å². The van der Waals surface area contributed by atoms with Gasteiger partial charge < -0.3 is 15.3 Å². The molecule has 1 aliphatic rings. The number of hydrogen-bond acceptors (Lipinski definition) is 3. The van der Waals surface area contributed by atoms with E-state index in [1.807, 2.05) is 11.8 Å². The van der Waals surface area contributed by atoms with Crippen LogP contribution in [0.4, 0.5) is 4.79 Å². The van der Waals surface area contributed by atoms with Crippen molar-refractivity contribution in [2.24, 2.45) is 0 Å². The number of amides is 2. The van der Waals surface area contributed by atoms with Gasteiger partial charge in [-0.1, -0.05) is 12.8 Å². The first-order valence-electron chi connectivity index (χ1n) is 6.85. The summed E-state index contributed by atoms with van der Waals surface area (Å²) in [4.78, 5) is 26.0. The van der Waals surface area contributed by atoms with Crippen LogP contribution in [0.2, 0.25) is 0 Å². The van der Waals surface area contributed by atoms with E-state index < -0.39 is 5.97 Å². The number of carbonyl (C=O) groups is 2. The normalized spacial score (nSPS) is 20.6. The molecule has 0 aromatic rings.